The molecule has 0 spiro atoms. The molecule has 130 valence electrons. The van der Waals surface area contributed by atoms with Gasteiger partial charge in [-0.15, -0.1) is 11.8 Å². The van der Waals surface area contributed by atoms with Gasteiger partial charge >= 0.3 is 5.97 Å². The van der Waals surface area contributed by atoms with Crippen LogP contribution < -0.4 is 4.90 Å². The van der Waals surface area contributed by atoms with Gasteiger partial charge in [-0.25, -0.2) is 0 Å². The Morgan fingerprint density at radius 1 is 1.16 bits per heavy atom. The van der Waals surface area contributed by atoms with Crippen LogP contribution in [0.15, 0.2) is 41.3 Å². The summed E-state index contributed by atoms with van der Waals surface area (Å²) < 4.78 is 0. The summed E-state index contributed by atoms with van der Waals surface area (Å²) in [4.78, 5) is 14.5. The molecule has 0 saturated heterocycles. The predicted molar refractivity (Wildman–Crippen MR) is 109 cm³/mol. The quantitative estimate of drug-likeness (QED) is 0.606. The standard InChI is InChI=1S/C17H12Cl3NO2S2/c18-10-5-4-9(6-12(10)20)8-21-13-3-1-2-11(19)16(13)25-14(17(21)24)7-15(22)23/h1-6,14H,7-8H2,(H,22,23). The fraction of sp³-hybridized carbons (Fsp3) is 0.176. The van der Waals surface area contributed by atoms with Gasteiger partial charge in [0.1, 0.15) is 0 Å². The van der Waals surface area contributed by atoms with Crippen molar-refractivity contribution in [1.82, 2.24) is 0 Å². The number of fused-ring (bicyclic) bond motifs is 1. The Balaban J connectivity index is 2.00. The summed E-state index contributed by atoms with van der Waals surface area (Å²) in [6.45, 7) is 0.458. The molecule has 0 aliphatic carbocycles. The van der Waals surface area contributed by atoms with Crippen LogP contribution in [0.25, 0.3) is 0 Å². The Bertz CT molecular complexity index is 860. The summed E-state index contributed by atoms with van der Waals surface area (Å²) in [5.74, 6) is -0.898. The van der Waals surface area contributed by atoms with Crippen LogP contribution in [0.2, 0.25) is 15.1 Å². The van der Waals surface area contributed by atoms with Gasteiger partial charge in [-0.2, -0.15) is 0 Å². The van der Waals surface area contributed by atoms with Crippen LogP contribution in [0, 0.1) is 0 Å². The van der Waals surface area contributed by atoms with Crippen molar-refractivity contribution in [3.8, 4) is 0 Å². The third-order valence-corrected chi connectivity index (χ3v) is 6.88. The van der Waals surface area contributed by atoms with Crippen molar-refractivity contribution in [2.75, 3.05) is 4.90 Å². The number of hydrogen-bond donors (Lipinski definition) is 1. The van der Waals surface area contributed by atoms with E-state index in [1.807, 2.05) is 23.1 Å². The molecule has 1 atom stereocenters. The van der Waals surface area contributed by atoms with Gasteiger partial charge in [0.25, 0.3) is 0 Å². The summed E-state index contributed by atoms with van der Waals surface area (Å²) in [6.07, 6.45) is -0.0635. The maximum Gasteiger partial charge on any atom is 0.304 e. The number of nitrogens with zero attached hydrogens (tertiary/aromatic N) is 1. The molecule has 1 unspecified atom stereocenters. The Kier molecular flexibility index (Phi) is 5.81. The summed E-state index contributed by atoms with van der Waals surface area (Å²) in [6, 6.07) is 10.9. The molecule has 1 aliphatic heterocycles. The number of rotatable bonds is 4. The zero-order valence-corrected chi connectivity index (χ0v) is 16.6. The largest absolute Gasteiger partial charge is 0.481 e. The highest BCUT2D eigenvalue weighted by Crippen LogP contribution is 2.45. The SMILES string of the molecule is O=C(O)CC1Sc2c(Cl)cccc2N(Cc2ccc(Cl)c(Cl)c2)C1=S. The fourth-order valence-corrected chi connectivity index (χ4v) is 4.82. The molecule has 0 bridgehead atoms. The third-order valence-electron chi connectivity index (χ3n) is 3.72. The third kappa shape index (κ3) is 4.07. The average molecular weight is 433 g/mol. The minimum absolute atomic E-state index is 0.0635. The summed E-state index contributed by atoms with van der Waals surface area (Å²) in [7, 11) is 0. The van der Waals surface area contributed by atoms with Crippen molar-refractivity contribution < 1.29 is 9.90 Å². The lowest BCUT2D eigenvalue weighted by molar-refractivity contribution is -0.136. The first-order chi connectivity index (χ1) is 11.9. The number of thiocarbonyl (C=S) groups is 1. The first-order valence-corrected chi connectivity index (χ1v) is 9.71. The number of anilines is 1. The molecule has 2 aromatic rings. The second-order valence-electron chi connectivity index (χ2n) is 5.47. The minimum atomic E-state index is -0.898. The van der Waals surface area contributed by atoms with E-state index in [0.717, 1.165) is 16.1 Å². The highest BCUT2D eigenvalue weighted by atomic mass is 35.5. The van der Waals surface area contributed by atoms with Crippen molar-refractivity contribution in [3.63, 3.8) is 0 Å². The van der Waals surface area contributed by atoms with E-state index in [0.29, 0.717) is 26.6 Å². The number of carboxylic acid groups (broad SMARTS) is 1. The van der Waals surface area contributed by atoms with E-state index in [2.05, 4.69) is 0 Å². The maximum absolute atomic E-state index is 11.2. The average Bonchev–Trinajstić information content (AvgIpc) is 2.55. The van der Waals surface area contributed by atoms with Crippen molar-refractivity contribution in [2.45, 2.75) is 23.1 Å². The minimum Gasteiger partial charge on any atom is -0.481 e. The van der Waals surface area contributed by atoms with Gasteiger partial charge in [0.05, 0.1) is 42.3 Å². The van der Waals surface area contributed by atoms with E-state index in [-0.39, 0.29) is 11.7 Å². The molecule has 0 radical (unpaired) electrons. The van der Waals surface area contributed by atoms with Gasteiger partial charge in [0.2, 0.25) is 0 Å². The highest BCUT2D eigenvalue weighted by Gasteiger charge is 2.33. The summed E-state index contributed by atoms with van der Waals surface area (Å²) >= 11 is 25.4. The second kappa shape index (κ2) is 7.72. The van der Waals surface area contributed by atoms with Crippen LogP contribution in [0.5, 0.6) is 0 Å². The smallest absolute Gasteiger partial charge is 0.304 e. The van der Waals surface area contributed by atoms with Crippen molar-refractivity contribution >= 4 is 75.4 Å². The molecular weight excluding hydrogens is 421 g/mol. The number of carboxylic acids is 1. The van der Waals surface area contributed by atoms with E-state index in [1.165, 1.54) is 11.8 Å². The molecule has 0 fully saturated rings. The molecule has 8 heteroatoms. The first-order valence-electron chi connectivity index (χ1n) is 7.29. The van der Waals surface area contributed by atoms with Crippen LogP contribution in [0.3, 0.4) is 0 Å². The second-order valence-corrected chi connectivity index (χ2v) is 8.32. The monoisotopic (exact) mass is 431 g/mol. The van der Waals surface area contributed by atoms with Gasteiger partial charge in [-0.3, -0.25) is 4.79 Å². The van der Waals surface area contributed by atoms with Gasteiger partial charge in [-0.1, -0.05) is 59.2 Å². The summed E-state index contributed by atoms with van der Waals surface area (Å²) in [5.41, 5.74) is 1.79. The predicted octanol–water partition coefficient (Wildman–Crippen LogP) is 5.93. The zero-order valence-electron chi connectivity index (χ0n) is 12.7. The normalized spacial score (nSPS) is 16.7. The number of benzene rings is 2. The Morgan fingerprint density at radius 3 is 2.60 bits per heavy atom. The lowest BCUT2D eigenvalue weighted by Crippen LogP contribution is -2.40. The molecule has 3 rings (SSSR count). The molecule has 2 aromatic carbocycles. The lowest BCUT2D eigenvalue weighted by Gasteiger charge is -2.36. The van der Waals surface area contributed by atoms with E-state index < -0.39 is 5.97 Å². The van der Waals surface area contributed by atoms with Crippen molar-refractivity contribution in [3.05, 3.63) is 57.0 Å². The van der Waals surface area contributed by atoms with E-state index in [9.17, 15) is 9.90 Å². The van der Waals surface area contributed by atoms with E-state index >= 15 is 0 Å². The van der Waals surface area contributed by atoms with Gasteiger partial charge in [0.15, 0.2) is 0 Å². The highest BCUT2D eigenvalue weighted by molar-refractivity contribution is 8.02. The molecule has 25 heavy (non-hydrogen) atoms. The number of carbonyl (C=O) groups is 1. The van der Waals surface area contributed by atoms with Crippen LogP contribution >= 0.6 is 58.8 Å². The van der Waals surface area contributed by atoms with Crippen LogP contribution in [0.1, 0.15) is 12.0 Å². The number of thioether (sulfide) groups is 1. The van der Waals surface area contributed by atoms with Crippen LogP contribution in [0.4, 0.5) is 5.69 Å². The molecule has 3 nitrogen and oxygen atoms in total. The fourth-order valence-electron chi connectivity index (χ4n) is 2.58. The van der Waals surface area contributed by atoms with Crippen molar-refractivity contribution in [1.29, 1.82) is 0 Å². The first kappa shape index (κ1) is 18.8. The molecule has 1 aliphatic rings. The summed E-state index contributed by atoms with van der Waals surface area (Å²) in [5, 5.41) is 10.4. The van der Waals surface area contributed by atoms with E-state index in [4.69, 9.17) is 47.0 Å². The Hall–Kier alpha value is -0.980. The molecule has 1 N–H and O–H groups in total. The Morgan fingerprint density at radius 2 is 1.92 bits per heavy atom. The van der Waals surface area contributed by atoms with Crippen molar-refractivity contribution in [2.24, 2.45) is 0 Å². The van der Waals surface area contributed by atoms with Gasteiger partial charge < -0.3 is 10.0 Å². The number of hydrogen-bond acceptors (Lipinski definition) is 3. The Labute approximate surface area is 169 Å². The van der Waals surface area contributed by atoms with Crippen LogP contribution in [-0.2, 0) is 11.3 Å². The molecule has 0 saturated carbocycles. The van der Waals surface area contributed by atoms with Gasteiger partial charge in [0, 0.05) is 6.54 Å². The molecular formula is C17H12Cl3NO2S2. The molecule has 1 heterocycles. The number of halogens is 3. The van der Waals surface area contributed by atoms with Gasteiger partial charge in [-0.05, 0) is 29.8 Å². The molecule has 0 amide bonds. The molecule has 0 aromatic heterocycles. The van der Waals surface area contributed by atoms with Crippen LogP contribution in [-0.4, -0.2) is 21.3 Å². The maximum atomic E-state index is 11.2. The zero-order chi connectivity index (χ0) is 18.1. The topological polar surface area (TPSA) is 40.5 Å². The van der Waals surface area contributed by atoms with E-state index in [1.54, 1.807) is 18.2 Å². The number of aliphatic carboxylic acids is 1. The lowest BCUT2D eigenvalue weighted by atomic mass is 10.1.